The molecule has 2 N–H and O–H groups in total. The summed E-state index contributed by atoms with van der Waals surface area (Å²) in [7, 11) is 0. The summed E-state index contributed by atoms with van der Waals surface area (Å²) in [4.78, 5) is 28.3. The molecule has 6 nitrogen and oxygen atoms in total. The number of nitrogens with one attached hydrogen (secondary N) is 2. The lowest BCUT2D eigenvalue weighted by Crippen LogP contribution is -2.44. The maximum atomic E-state index is 13.0. The highest BCUT2D eigenvalue weighted by Gasteiger charge is 2.23. The summed E-state index contributed by atoms with van der Waals surface area (Å²) in [5, 5.41) is 7.75. The quantitative estimate of drug-likeness (QED) is 0.564. The van der Waals surface area contributed by atoms with E-state index in [1.54, 1.807) is 30.3 Å². The highest BCUT2D eigenvalue weighted by atomic mass is 32.1. The minimum atomic E-state index is -0.214. The van der Waals surface area contributed by atoms with Gasteiger partial charge in [-0.05, 0) is 55.1 Å². The number of hydrogen-bond acceptors (Lipinski definition) is 5. The number of rotatable bonds is 6. The average molecular weight is 450 g/mol. The van der Waals surface area contributed by atoms with Gasteiger partial charge in [0.2, 0.25) is 0 Å². The first-order chi connectivity index (χ1) is 15.5. The zero-order chi connectivity index (χ0) is 22.5. The van der Waals surface area contributed by atoms with Crippen LogP contribution in [-0.2, 0) is 11.3 Å². The largest absolute Gasteiger partial charge is 0.373 e. The van der Waals surface area contributed by atoms with E-state index in [1.807, 2.05) is 35.7 Å². The number of carbonyl (C=O) groups is 2. The van der Waals surface area contributed by atoms with Crippen LogP contribution in [0.1, 0.15) is 39.4 Å². The SMILES string of the molecule is CC1CN(Cc2ccccc2NC(=O)c2cccc(NC(=O)c3cccs3)c2)CC(C)O1. The van der Waals surface area contributed by atoms with Crippen molar-refractivity contribution in [1.82, 2.24) is 4.90 Å². The zero-order valence-electron chi connectivity index (χ0n) is 18.2. The van der Waals surface area contributed by atoms with Gasteiger partial charge in [-0.15, -0.1) is 11.3 Å². The second-order valence-corrected chi connectivity index (χ2v) is 9.02. The number of anilines is 2. The van der Waals surface area contributed by atoms with Crippen molar-refractivity contribution in [3.05, 3.63) is 82.0 Å². The van der Waals surface area contributed by atoms with Crippen molar-refractivity contribution in [1.29, 1.82) is 0 Å². The minimum absolute atomic E-state index is 0.183. The number of hydrogen-bond donors (Lipinski definition) is 2. The molecule has 1 aromatic heterocycles. The summed E-state index contributed by atoms with van der Waals surface area (Å²) in [6.07, 6.45) is 0.375. The van der Waals surface area contributed by atoms with Crippen LogP contribution < -0.4 is 10.6 Å². The lowest BCUT2D eigenvalue weighted by molar-refractivity contribution is -0.0704. The van der Waals surface area contributed by atoms with Crippen molar-refractivity contribution >= 4 is 34.5 Å². The number of para-hydroxylation sites is 1. The lowest BCUT2D eigenvalue weighted by atomic mass is 10.1. The van der Waals surface area contributed by atoms with Gasteiger partial charge in [-0.1, -0.05) is 30.3 Å². The Morgan fingerprint density at radius 3 is 2.50 bits per heavy atom. The lowest BCUT2D eigenvalue weighted by Gasteiger charge is -2.35. The molecule has 1 aliphatic heterocycles. The van der Waals surface area contributed by atoms with Crippen LogP contribution in [-0.4, -0.2) is 42.0 Å². The van der Waals surface area contributed by atoms with E-state index in [9.17, 15) is 9.59 Å². The molecule has 0 bridgehead atoms. The zero-order valence-corrected chi connectivity index (χ0v) is 19.0. The number of carbonyl (C=O) groups excluding carboxylic acids is 2. The number of nitrogens with zero attached hydrogens (tertiary/aromatic N) is 1. The summed E-state index contributed by atoms with van der Waals surface area (Å²) in [5.74, 6) is -0.398. The van der Waals surface area contributed by atoms with Crippen LogP contribution in [0.3, 0.4) is 0 Å². The van der Waals surface area contributed by atoms with Crippen molar-refractivity contribution in [2.75, 3.05) is 23.7 Å². The van der Waals surface area contributed by atoms with E-state index in [1.165, 1.54) is 11.3 Å². The van der Waals surface area contributed by atoms with Gasteiger partial charge in [0.1, 0.15) is 0 Å². The molecule has 0 spiro atoms. The third-order valence-corrected chi connectivity index (χ3v) is 6.15. The van der Waals surface area contributed by atoms with Crippen LogP contribution in [0.15, 0.2) is 66.0 Å². The Bertz CT molecular complexity index is 1070. The summed E-state index contributed by atoms with van der Waals surface area (Å²) >= 11 is 1.38. The molecule has 1 saturated heterocycles. The number of ether oxygens (including phenoxy) is 1. The van der Waals surface area contributed by atoms with Gasteiger partial charge >= 0.3 is 0 Å². The van der Waals surface area contributed by atoms with Gasteiger partial charge in [-0.25, -0.2) is 0 Å². The van der Waals surface area contributed by atoms with E-state index in [-0.39, 0.29) is 24.0 Å². The molecule has 166 valence electrons. The van der Waals surface area contributed by atoms with E-state index >= 15 is 0 Å². The van der Waals surface area contributed by atoms with Crippen molar-refractivity contribution in [2.45, 2.75) is 32.6 Å². The highest BCUT2D eigenvalue weighted by molar-refractivity contribution is 7.12. The molecule has 2 amide bonds. The molecule has 1 fully saturated rings. The molecule has 32 heavy (non-hydrogen) atoms. The van der Waals surface area contributed by atoms with Crippen LogP contribution in [0, 0.1) is 0 Å². The Balaban J connectivity index is 1.45. The topological polar surface area (TPSA) is 70.7 Å². The fraction of sp³-hybridized carbons (Fsp3) is 0.280. The molecule has 2 aromatic carbocycles. The molecule has 3 aromatic rings. The van der Waals surface area contributed by atoms with E-state index in [0.717, 1.165) is 30.9 Å². The van der Waals surface area contributed by atoms with Gasteiger partial charge in [0.05, 0.1) is 17.1 Å². The maximum absolute atomic E-state index is 13.0. The second-order valence-electron chi connectivity index (χ2n) is 8.07. The fourth-order valence-corrected chi connectivity index (χ4v) is 4.59. The third kappa shape index (κ3) is 5.62. The molecule has 7 heteroatoms. The average Bonchev–Trinajstić information content (AvgIpc) is 3.30. The van der Waals surface area contributed by atoms with Gasteiger partial charge in [0, 0.05) is 36.6 Å². The third-order valence-electron chi connectivity index (χ3n) is 5.28. The first-order valence-corrected chi connectivity index (χ1v) is 11.6. The Hall–Kier alpha value is -3.00. The molecule has 1 aliphatic rings. The molecule has 0 aliphatic carbocycles. The molecule has 4 rings (SSSR count). The highest BCUT2D eigenvalue weighted by Crippen LogP contribution is 2.22. The molecule has 2 unspecified atom stereocenters. The van der Waals surface area contributed by atoms with Crippen LogP contribution in [0.5, 0.6) is 0 Å². The predicted molar refractivity (Wildman–Crippen MR) is 128 cm³/mol. The van der Waals surface area contributed by atoms with Gasteiger partial charge in [0.25, 0.3) is 11.8 Å². The van der Waals surface area contributed by atoms with Crippen LogP contribution in [0.4, 0.5) is 11.4 Å². The van der Waals surface area contributed by atoms with Gasteiger partial charge in [-0.3, -0.25) is 14.5 Å². The molecule has 2 atom stereocenters. The Morgan fingerprint density at radius 1 is 0.969 bits per heavy atom. The number of morpholine rings is 1. The maximum Gasteiger partial charge on any atom is 0.265 e. The number of amides is 2. The Morgan fingerprint density at radius 2 is 1.75 bits per heavy atom. The van der Waals surface area contributed by atoms with Gasteiger partial charge < -0.3 is 15.4 Å². The van der Waals surface area contributed by atoms with E-state index in [2.05, 4.69) is 29.4 Å². The van der Waals surface area contributed by atoms with Crippen molar-refractivity contribution in [3.63, 3.8) is 0 Å². The summed E-state index contributed by atoms with van der Waals surface area (Å²) < 4.78 is 5.83. The standard InChI is InChI=1S/C25H27N3O3S/c1-17-14-28(15-18(2)31-17)16-20-7-3-4-10-22(20)27-24(29)19-8-5-9-21(13-19)26-25(30)23-11-6-12-32-23/h3-13,17-18H,14-16H2,1-2H3,(H,26,30)(H,27,29). The molecular formula is C25H27N3O3S. The Kier molecular flexibility index (Phi) is 6.99. The first kappa shape index (κ1) is 22.2. The predicted octanol–water partition coefficient (Wildman–Crippen LogP) is 4.86. The number of benzene rings is 2. The summed E-state index contributed by atoms with van der Waals surface area (Å²) in [6, 6.07) is 18.4. The number of thiophene rings is 1. The van der Waals surface area contributed by atoms with E-state index < -0.39 is 0 Å². The van der Waals surface area contributed by atoms with Crippen LogP contribution in [0.25, 0.3) is 0 Å². The smallest absolute Gasteiger partial charge is 0.265 e. The fourth-order valence-electron chi connectivity index (χ4n) is 3.97. The van der Waals surface area contributed by atoms with Gasteiger partial charge in [0.15, 0.2) is 0 Å². The second kappa shape index (κ2) is 10.1. The molecule has 0 saturated carbocycles. The molecule has 0 radical (unpaired) electrons. The van der Waals surface area contributed by atoms with Crippen molar-refractivity contribution in [2.24, 2.45) is 0 Å². The van der Waals surface area contributed by atoms with Gasteiger partial charge in [-0.2, -0.15) is 0 Å². The molecular weight excluding hydrogens is 422 g/mol. The van der Waals surface area contributed by atoms with E-state index in [4.69, 9.17) is 4.74 Å². The monoisotopic (exact) mass is 449 g/mol. The normalized spacial score (nSPS) is 18.8. The molecule has 2 heterocycles. The van der Waals surface area contributed by atoms with Crippen LogP contribution in [0.2, 0.25) is 0 Å². The van der Waals surface area contributed by atoms with Crippen molar-refractivity contribution in [3.8, 4) is 0 Å². The van der Waals surface area contributed by atoms with Crippen LogP contribution >= 0.6 is 11.3 Å². The van der Waals surface area contributed by atoms with E-state index in [0.29, 0.717) is 16.1 Å². The Labute approximate surface area is 192 Å². The first-order valence-electron chi connectivity index (χ1n) is 10.7. The minimum Gasteiger partial charge on any atom is -0.373 e. The summed E-state index contributed by atoms with van der Waals surface area (Å²) in [6.45, 7) is 6.63. The summed E-state index contributed by atoms with van der Waals surface area (Å²) in [5.41, 5.74) is 2.92. The van der Waals surface area contributed by atoms with Crippen molar-refractivity contribution < 1.29 is 14.3 Å².